The van der Waals surface area contributed by atoms with Crippen LogP contribution in [0.15, 0.2) is 24.3 Å². The van der Waals surface area contributed by atoms with Crippen LogP contribution in [0.2, 0.25) is 0 Å². The molecule has 1 heterocycles. The lowest BCUT2D eigenvalue weighted by atomic mass is 9.99. The van der Waals surface area contributed by atoms with Crippen LogP contribution in [0.3, 0.4) is 0 Å². The highest BCUT2D eigenvalue weighted by molar-refractivity contribution is 5.76. The molecule has 1 aliphatic rings. The molecule has 0 radical (unpaired) electrons. The Morgan fingerprint density at radius 3 is 1.22 bits per heavy atom. The zero-order chi connectivity index (χ0) is 58.7. The summed E-state index contributed by atoms with van der Waals surface area (Å²) in [5.41, 5.74) is 0. The molecule has 1 aliphatic heterocycles. The van der Waals surface area contributed by atoms with Crippen molar-refractivity contribution in [1.82, 2.24) is 5.32 Å². The van der Waals surface area contributed by atoms with E-state index in [1.807, 2.05) is 6.08 Å². The third-order valence-electron chi connectivity index (χ3n) is 16.8. The highest BCUT2D eigenvalue weighted by Gasteiger charge is 2.44. The normalized spacial score (nSPS) is 18.3. The molecule has 0 aromatic heterocycles. The summed E-state index contributed by atoms with van der Waals surface area (Å²) in [7, 11) is 0. The molecular weight excluding hydrogens is 1010 g/mol. The summed E-state index contributed by atoms with van der Waals surface area (Å²) >= 11 is 0. The number of unbranched alkanes of at least 4 members (excludes halogenated alkanes) is 46. The molecule has 7 atom stereocenters. The van der Waals surface area contributed by atoms with Crippen molar-refractivity contribution in [2.45, 2.75) is 391 Å². The summed E-state index contributed by atoms with van der Waals surface area (Å²) in [5, 5.41) is 54.5. The summed E-state index contributed by atoms with van der Waals surface area (Å²) < 4.78 is 16.7. The fourth-order valence-electron chi connectivity index (χ4n) is 11.3. The Balaban J connectivity index is 1.97. The van der Waals surface area contributed by atoms with Gasteiger partial charge in [0.25, 0.3) is 0 Å². The van der Waals surface area contributed by atoms with Crippen LogP contribution < -0.4 is 5.32 Å². The Labute approximate surface area is 499 Å². The van der Waals surface area contributed by atoms with Crippen molar-refractivity contribution in [1.29, 1.82) is 0 Å². The van der Waals surface area contributed by atoms with Crippen molar-refractivity contribution in [3.05, 3.63) is 24.3 Å². The maximum atomic E-state index is 13.1. The number of carbonyl (C=O) groups is 2. The topological polar surface area (TPSA) is 175 Å². The predicted octanol–water partition coefficient (Wildman–Crippen LogP) is 17.6. The molecule has 0 spiro atoms. The first-order chi connectivity index (χ1) is 39.7. The SMILES string of the molecule is CCCCCCCCC/C=C/CC/C=C/C(O)C(COC1OC(CO)C(O)C(O)C1O)NC(=O)CCCCCCCCCCCCCCCCCCCCCCCCCCCCCCCOC(=O)CCCCCCCCCCCCC. The Morgan fingerprint density at radius 2 is 0.802 bits per heavy atom. The van der Waals surface area contributed by atoms with Gasteiger partial charge in [0, 0.05) is 12.8 Å². The Morgan fingerprint density at radius 1 is 0.444 bits per heavy atom. The second kappa shape index (κ2) is 59.9. The van der Waals surface area contributed by atoms with Gasteiger partial charge in [-0.15, -0.1) is 0 Å². The minimum atomic E-state index is -1.57. The zero-order valence-electron chi connectivity index (χ0n) is 53.0. The number of hydrogen-bond acceptors (Lipinski definition) is 10. The van der Waals surface area contributed by atoms with E-state index in [-0.39, 0.29) is 18.5 Å². The highest BCUT2D eigenvalue weighted by atomic mass is 16.7. The van der Waals surface area contributed by atoms with E-state index in [0.29, 0.717) is 19.4 Å². The number of aliphatic hydroxyl groups excluding tert-OH is 5. The van der Waals surface area contributed by atoms with Crippen molar-refractivity contribution in [2.24, 2.45) is 0 Å². The Hall–Kier alpha value is -1.86. The molecule has 6 N–H and O–H groups in total. The van der Waals surface area contributed by atoms with Gasteiger partial charge in [0.1, 0.15) is 24.4 Å². The number of hydrogen-bond donors (Lipinski definition) is 6. The smallest absolute Gasteiger partial charge is 0.305 e. The quantitative estimate of drug-likeness (QED) is 0.0195. The lowest BCUT2D eigenvalue weighted by Crippen LogP contribution is -2.60. The van der Waals surface area contributed by atoms with Crippen LogP contribution in [-0.2, 0) is 23.8 Å². The molecule has 1 saturated heterocycles. The molecule has 0 aromatic carbocycles. The molecule has 11 heteroatoms. The Bertz CT molecular complexity index is 1390. The molecule has 0 saturated carbocycles. The molecule has 1 amide bonds. The standard InChI is InChI=1S/C70H133NO10/c1-3-5-7-9-11-13-15-33-37-40-44-48-52-56-63(73)62(61-80-70-69(78)68(77)67(76)64(60-72)81-70)71-65(74)57-53-49-45-41-38-34-31-29-27-25-23-21-19-17-16-18-20-22-24-26-28-30-32-35-39-43-47-51-55-59-79-66(75)58-54-50-46-42-36-14-12-10-8-6-4-2/h37,40,52,56,62-64,67-70,72-73,76-78H,3-36,38-39,41-51,53-55,57-61H2,1-2H3,(H,71,74)/b40-37+,56-52+. The minimum Gasteiger partial charge on any atom is -0.466 e. The molecule has 81 heavy (non-hydrogen) atoms. The van der Waals surface area contributed by atoms with Crippen molar-refractivity contribution in [3.63, 3.8) is 0 Å². The van der Waals surface area contributed by atoms with Crippen molar-refractivity contribution in [2.75, 3.05) is 19.8 Å². The number of carbonyl (C=O) groups excluding carboxylic acids is 2. The molecule has 0 aromatic rings. The zero-order valence-corrected chi connectivity index (χ0v) is 53.0. The van der Waals surface area contributed by atoms with Crippen LogP contribution in [0.4, 0.5) is 0 Å². The summed E-state index contributed by atoms with van der Waals surface area (Å²) in [6.07, 6.45) is 64.5. The molecule has 478 valence electrons. The van der Waals surface area contributed by atoms with E-state index in [1.54, 1.807) is 6.08 Å². The number of nitrogens with one attached hydrogen (secondary N) is 1. The molecule has 0 bridgehead atoms. The first-order valence-electron chi connectivity index (χ1n) is 35.1. The highest BCUT2D eigenvalue weighted by Crippen LogP contribution is 2.23. The van der Waals surface area contributed by atoms with E-state index >= 15 is 0 Å². The van der Waals surface area contributed by atoms with E-state index < -0.39 is 49.5 Å². The van der Waals surface area contributed by atoms with E-state index in [4.69, 9.17) is 14.2 Å². The van der Waals surface area contributed by atoms with Gasteiger partial charge in [0.15, 0.2) is 6.29 Å². The fraction of sp³-hybridized carbons (Fsp3) is 0.914. The van der Waals surface area contributed by atoms with Gasteiger partial charge in [-0.1, -0.05) is 314 Å². The maximum absolute atomic E-state index is 13.1. The van der Waals surface area contributed by atoms with E-state index in [1.165, 1.54) is 270 Å². The van der Waals surface area contributed by atoms with Crippen LogP contribution >= 0.6 is 0 Å². The molecule has 0 aliphatic carbocycles. The number of aliphatic hydroxyl groups is 5. The summed E-state index contributed by atoms with van der Waals surface area (Å²) in [6.45, 7) is 4.35. The van der Waals surface area contributed by atoms with Crippen molar-refractivity contribution in [3.8, 4) is 0 Å². The van der Waals surface area contributed by atoms with Crippen LogP contribution in [0, 0.1) is 0 Å². The van der Waals surface area contributed by atoms with Gasteiger partial charge in [-0.05, 0) is 44.9 Å². The molecular formula is C70H133NO10. The summed E-state index contributed by atoms with van der Waals surface area (Å²) in [5.74, 6) is -0.176. The number of esters is 1. The minimum absolute atomic E-state index is 0.0107. The van der Waals surface area contributed by atoms with E-state index in [2.05, 4.69) is 31.3 Å². The first-order valence-corrected chi connectivity index (χ1v) is 35.1. The summed E-state index contributed by atoms with van der Waals surface area (Å²) in [4.78, 5) is 25.1. The largest absolute Gasteiger partial charge is 0.466 e. The lowest BCUT2D eigenvalue weighted by molar-refractivity contribution is -0.302. The van der Waals surface area contributed by atoms with Gasteiger partial charge < -0.3 is 45.1 Å². The molecule has 1 rings (SSSR count). The first kappa shape index (κ1) is 77.2. The van der Waals surface area contributed by atoms with Gasteiger partial charge in [-0.3, -0.25) is 9.59 Å². The van der Waals surface area contributed by atoms with E-state index in [0.717, 1.165) is 51.4 Å². The second-order valence-corrected chi connectivity index (χ2v) is 24.6. The molecule has 11 nitrogen and oxygen atoms in total. The summed E-state index contributed by atoms with van der Waals surface area (Å²) in [6, 6.07) is -0.824. The monoisotopic (exact) mass is 1150 g/mol. The third kappa shape index (κ3) is 49.0. The fourth-order valence-corrected chi connectivity index (χ4v) is 11.3. The molecule has 7 unspecified atom stereocenters. The lowest BCUT2D eigenvalue weighted by Gasteiger charge is -2.40. The third-order valence-corrected chi connectivity index (χ3v) is 16.8. The number of amides is 1. The van der Waals surface area contributed by atoms with Gasteiger partial charge in [0.05, 0.1) is 32.0 Å². The van der Waals surface area contributed by atoms with Gasteiger partial charge in [0.2, 0.25) is 5.91 Å². The molecule has 1 fully saturated rings. The second-order valence-electron chi connectivity index (χ2n) is 24.6. The van der Waals surface area contributed by atoms with Gasteiger partial charge in [-0.2, -0.15) is 0 Å². The van der Waals surface area contributed by atoms with E-state index in [9.17, 15) is 35.1 Å². The van der Waals surface area contributed by atoms with Crippen LogP contribution in [-0.4, -0.2) is 100 Å². The van der Waals surface area contributed by atoms with Gasteiger partial charge >= 0.3 is 5.97 Å². The average molecular weight is 1150 g/mol. The number of ether oxygens (including phenoxy) is 3. The average Bonchev–Trinajstić information content (AvgIpc) is 3.47. The van der Waals surface area contributed by atoms with Gasteiger partial charge in [-0.25, -0.2) is 0 Å². The maximum Gasteiger partial charge on any atom is 0.305 e. The van der Waals surface area contributed by atoms with Crippen LogP contribution in [0.1, 0.15) is 348 Å². The number of rotatable bonds is 62. The van der Waals surface area contributed by atoms with Crippen LogP contribution in [0.5, 0.6) is 0 Å². The van der Waals surface area contributed by atoms with Crippen LogP contribution in [0.25, 0.3) is 0 Å². The Kier molecular flexibility index (Phi) is 57.0. The van der Waals surface area contributed by atoms with Crippen molar-refractivity contribution >= 4 is 11.9 Å². The predicted molar refractivity (Wildman–Crippen MR) is 338 cm³/mol. The van der Waals surface area contributed by atoms with Crippen molar-refractivity contribution < 1.29 is 49.3 Å². The number of allylic oxidation sites excluding steroid dienone is 3.